The molecule has 1 aliphatic heterocycles. The second kappa shape index (κ2) is 10.3. The summed E-state index contributed by atoms with van der Waals surface area (Å²) in [6, 6.07) is 9.04. The maximum atomic E-state index is 14.1. The Labute approximate surface area is 235 Å². The number of carbonyl (C=O) groups is 1. The van der Waals surface area contributed by atoms with Crippen molar-refractivity contribution in [2.75, 3.05) is 20.8 Å². The highest BCUT2D eigenvalue weighted by molar-refractivity contribution is 5.99. The van der Waals surface area contributed by atoms with E-state index in [2.05, 4.69) is 10.1 Å². The lowest BCUT2D eigenvalue weighted by atomic mass is 9.88. The lowest BCUT2D eigenvalue weighted by molar-refractivity contribution is -0.140. The minimum atomic E-state index is -4.64. The number of imidazole rings is 1. The first-order valence-corrected chi connectivity index (χ1v) is 13.4. The number of alkyl halides is 3. The molecular formula is C30H30F3N5O3. The van der Waals surface area contributed by atoms with Crippen LogP contribution in [0.15, 0.2) is 48.9 Å². The number of fused-ring (bicyclic) bond motifs is 1. The summed E-state index contributed by atoms with van der Waals surface area (Å²) < 4.78 is 56.1. The lowest BCUT2D eigenvalue weighted by Gasteiger charge is -2.31. The molecule has 0 bridgehead atoms. The van der Waals surface area contributed by atoms with Crippen molar-refractivity contribution in [3.63, 3.8) is 0 Å². The highest BCUT2D eigenvalue weighted by Gasteiger charge is 2.39. The van der Waals surface area contributed by atoms with E-state index in [1.165, 1.54) is 17.9 Å². The van der Waals surface area contributed by atoms with Crippen molar-refractivity contribution in [1.82, 2.24) is 24.2 Å². The average Bonchev–Trinajstić information content (AvgIpc) is 3.55. The topological polar surface area (TPSA) is 74.4 Å². The van der Waals surface area contributed by atoms with E-state index in [0.29, 0.717) is 60.2 Å². The zero-order valence-corrected chi connectivity index (χ0v) is 23.0. The SMILES string of the molecule is COc1cc(CN2CCc3c(cc(Cn4ccnc4C4CC4)cc3-c3cn(C)nc3C(F)(F)F)C2=O)cc(OC)c1. The minimum absolute atomic E-state index is 0.0232. The molecule has 4 aromatic rings. The smallest absolute Gasteiger partial charge is 0.435 e. The molecule has 0 spiro atoms. The van der Waals surface area contributed by atoms with E-state index in [-0.39, 0.29) is 11.5 Å². The number of aryl methyl sites for hydroxylation is 1. The van der Waals surface area contributed by atoms with Crippen LogP contribution in [0.2, 0.25) is 0 Å². The molecule has 41 heavy (non-hydrogen) atoms. The number of hydrogen-bond acceptors (Lipinski definition) is 5. The summed E-state index contributed by atoms with van der Waals surface area (Å²) in [7, 11) is 4.59. The van der Waals surface area contributed by atoms with Crippen molar-refractivity contribution in [2.45, 2.75) is 44.4 Å². The summed E-state index contributed by atoms with van der Waals surface area (Å²) in [4.78, 5) is 20.2. The molecule has 0 saturated heterocycles. The second-order valence-corrected chi connectivity index (χ2v) is 10.6. The summed E-state index contributed by atoms with van der Waals surface area (Å²) in [5.41, 5.74) is 1.97. The maximum Gasteiger partial charge on any atom is 0.435 e. The van der Waals surface area contributed by atoms with Gasteiger partial charge in [-0.1, -0.05) is 0 Å². The Kier molecular flexibility index (Phi) is 6.75. The van der Waals surface area contributed by atoms with Gasteiger partial charge in [0.2, 0.25) is 0 Å². The van der Waals surface area contributed by atoms with Gasteiger partial charge in [-0.25, -0.2) is 4.98 Å². The molecule has 1 fully saturated rings. The van der Waals surface area contributed by atoms with Crippen LogP contribution < -0.4 is 9.47 Å². The molecule has 8 nitrogen and oxygen atoms in total. The van der Waals surface area contributed by atoms with Gasteiger partial charge in [0.15, 0.2) is 5.69 Å². The van der Waals surface area contributed by atoms with E-state index in [0.717, 1.165) is 29.8 Å². The van der Waals surface area contributed by atoms with Gasteiger partial charge in [0.05, 0.1) is 14.2 Å². The molecule has 2 aromatic carbocycles. The second-order valence-electron chi connectivity index (χ2n) is 10.6. The third-order valence-corrected chi connectivity index (χ3v) is 7.67. The number of rotatable bonds is 8. The van der Waals surface area contributed by atoms with Crippen LogP contribution in [0.3, 0.4) is 0 Å². The zero-order valence-electron chi connectivity index (χ0n) is 23.0. The number of hydrogen-bond donors (Lipinski definition) is 0. The van der Waals surface area contributed by atoms with Crippen LogP contribution in [0.1, 0.15) is 57.3 Å². The molecule has 2 aliphatic rings. The third-order valence-electron chi connectivity index (χ3n) is 7.67. The van der Waals surface area contributed by atoms with Crippen LogP contribution in [0, 0.1) is 0 Å². The summed E-state index contributed by atoms with van der Waals surface area (Å²) >= 11 is 0. The van der Waals surface area contributed by atoms with Crippen molar-refractivity contribution < 1.29 is 27.4 Å². The summed E-state index contributed by atoms with van der Waals surface area (Å²) in [5, 5.41) is 3.74. The number of ether oxygens (including phenoxy) is 2. The predicted molar refractivity (Wildman–Crippen MR) is 145 cm³/mol. The van der Waals surface area contributed by atoms with E-state index >= 15 is 0 Å². The van der Waals surface area contributed by atoms with Crippen LogP contribution in [0.5, 0.6) is 11.5 Å². The molecule has 0 atom stereocenters. The fourth-order valence-corrected chi connectivity index (χ4v) is 5.62. The predicted octanol–water partition coefficient (Wildman–Crippen LogP) is 5.44. The van der Waals surface area contributed by atoms with Gasteiger partial charge in [0, 0.05) is 68.4 Å². The highest BCUT2D eigenvalue weighted by Crippen LogP contribution is 2.41. The molecule has 0 N–H and O–H groups in total. The van der Waals surface area contributed by atoms with Gasteiger partial charge >= 0.3 is 6.18 Å². The van der Waals surface area contributed by atoms with Crippen LogP contribution in [-0.4, -0.2) is 50.9 Å². The molecule has 214 valence electrons. The van der Waals surface area contributed by atoms with Crippen molar-refractivity contribution in [3.05, 3.63) is 82.7 Å². The third kappa shape index (κ3) is 5.28. The Morgan fingerprint density at radius 1 is 0.951 bits per heavy atom. The van der Waals surface area contributed by atoms with Crippen LogP contribution in [-0.2, 0) is 32.7 Å². The number of aromatic nitrogens is 4. The monoisotopic (exact) mass is 565 g/mol. The van der Waals surface area contributed by atoms with Gasteiger partial charge in [0.1, 0.15) is 17.3 Å². The van der Waals surface area contributed by atoms with Gasteiger partial charge in [-0.2, -0.15) is 18.3 Å². The largest absolute Gasteiger partial charge is 0.497 e. The first kappa shape index (κ1) is 26.9. The first-order chi connectivity index (χ1) is 19.6. The lowest BCUT2D eigenvalue weighted by Crippen LogP contribution is -2.37. The molecule has 11 heteroatoms. The van der Waals surface area contributed by atoms with Crippen LogP contribution >= 0.6 is 0 Å². The van der Waals surface area contributed by atoms with Gasteiger partial charge in [-0.05, 0) is 65.8 Å². The zero-order chi connectivity index (χ0) is 28.9. The van der Waals surface area contributed by atoms with Gasteiger partial charge in [0.25, 0.3) is 5.91 Å². The Balaban J connectivity index is 1.42. The van der Waals surface area contributed by atoms with Crippen molar-refractivity contribution in [3.8, 4) is 22.6 Å². The summed E-state index contributed by atoms with van der Waals surface area (Å²) in [6.45, 7) is 1.06. The van der Waals surface area contributed by atoms with E-state index < -0.39 is 11.9 Å². The van der Waals surface area contributed by atoms with Crippen molar-refractivity contribution >= 4 is 5.91 Å². The Hall–Kier alpha value is -4.28. The molecule has 6 rings (SSSR count). The number of benzene rings is 2. The summed E-state index contributed by atoms with van der Waals surface area (Å²) in [6.07, 6.45) is 2.91. The molecular weight excluding hydrogens is 535 g/mol. The molecule has 1 saturated carbocycles. The van der Waals surface area contributed by atoms with Gasteiger partial charge in [-0.3, -0.25) is 9.48 Å². The van der Waals surface area contributed by atoms with E-state index in [9.17, 15) is 18.0 Å². The highest BCUT2D eigenvalue weighted by atomic mass is 19.4. The van der Waals surface area contributed by atoms with Gasteiger partial charge < -0.3 is 18.9 Å². The first-order valence-electron chi connectivity index (χ1n) is 13.4. The van der Waals surface area contributed by atoms with E-state index in [1.807, 2.05) is 29.0 Å². The molecule has 2 aromatic heterocycles. The fraction of sp³-hybridized carbons (Fsp3) is 0.367. The molecule has 3 heterocycles. The molecule has 0 radical (unpaired) electrons. The Morgan fingerprint density at radius 2 is 1.63 bits per heavy atom. The Bertz CT molecular complexity index is 1600. The quantitative estimate of drug-likeness (QED) is 0.284. The van der Waals surface area contributed by atoms with E-state index in [4.69, 9.17) is 9.47 Å². The van der Waals surface area contributed by atoms with E-state index in [1.54, 1.807) is 37.4 Å². The summed E-state index contributed by atoms with van der Waals surface area (Å²) in [5.74, 6) is 2.34. The number of nitrogens with zero attached hydrogens (tertiary/aromatic N) is 5. The number of methoxy groups -OCH3 is 2. The van der Waals surface area contributed by atoms with Crippen LogP contribution in [0.4, 0.5) is 13.2 Å². The fourth-order valence-electron chi connectivity index (χ4n) is 5.62. The normalized spacial score (nSPS) is 15.3. The number of carbonyl (C=O) groups excluding carboxylic acids is 1. The minimum Gasteiger partial charge on any atom is -0.497 e. The standard InChI is InChI=1S/C30H30F3N5O3/c1-36-17-26(27(35-36)30(31,32)33)24-12-19(15-37-9-7-34-28(37)20-4-5-20)13-25-23(24)6-8-38(29(25)39)16-18-10-21(40-2)14-22(11-18)41-3/h7,9-14,17,20H,4-6,8,15-16H2,1-3H3. The van der Waals surface area contributed by atoms with Crippen LogP contribution in [0.25, 0.3) is 11.1 Å². The Morgan fingerprint density at radius 3 is 2.29 bits per heavy atom. The molecule has 0 unspecified atom stereocenters. The number of amides is 1. The average molecular weight is 566 g/mol. The molecule has 1 amide bonds. The molecule has 1 aliphatic carbocycles. The van der Waals surface area contributed by atoms with Crippen molar-refractivity contribution in [1.29, 1.82) is 0 Å². The van der Waals surface area contributed by atoms with Gasteiger partial charge in [-0.15, -0.1) is 0 Å². The van der Waals surface area contributed by atoms with Crippen molar-refractivity contribution in [2.24, 2.45) is 7.05 Å². The maximum absolute atomic E-state index is 14.1. The number of halogens is 3.